The SMILES string of the molecule is CC(=O)Nc1ccc(NC(=O)C2CCN(C(=O)C3COc4ccccc4O3)CC2)cc1. The Hall–Kier alpha value is -3.55. The Kier molecular flexibility index (Phi) is 6.06. The Morgan fingerprint density at radius 3 is 2.16 bits per heavy atom. The average Bonchev–Trinajstić information content (AvgIpc) is 2.79. The topological polar surface area (TPSA) is 97.0 Å². The number of anilines is 2. The summed E-state index contributed by atoms with van der Waals surface area (Å²) in [6, 6.07) is 14.3. The molecule has 8 nitrogen and oxygen atoms in total. The van der Waals surface area contributed by atoms with Crippen LogP contribution in [-0.2, 0) is 14.4 Å². The molecular weight excluding hydrogens is 398 g/mol. The fourth-order valence-corrected chi connectivity index (χ4v) is 3.79. The summed E-state index contributed by atoms with van der Waals surface area (Å²) in [5, 5.41) is 5.60. The second-order valence-electron chi connectivity index (χ2n) is 7.71. The number of likely N-dealkylation sites (tertiary alicyclic amines) is 1. The summed E-state index contributed by atoms with van der Waals surface area (Å²) in [6.07, 6.45) is 0.514. The Labute approximate surface area is 180 Å². The molecular formula is C23H25N3O5. The van der Waals surface area contributed by atoms with E-state index in [9.17, 15) is 14.4 Å². The van der Waals surface area contributed by atoms with Crippen molar-refractivity contribution in [3.8, 4) is 11.5 Å². The zero-order chi connectivity index (χ0) is 21.8. The van der Waals surface area contributed by atoms with Gasteiger partial charge in [-0.05, 0) is 49.2 Å². The number of hydrogen-bond acceptors (Lipinski definition) is 5. The summed E-state index contributed by atoms with van der Waals surface area (Å²) < 4.78 is 11.5. The van der Waals surface area contributed by atoms with Crippen LogP contribution >= 0.6 is 0 Å². The summed E-state index contributed by atoms with van der Waals surface area (Å²) in [7, 11) is 0. The summed E-state index contributed by atoms with van der Waals surface area (Å²) >= 11 is 0. The van der Waals surface area contributed by atoms with Crippen LogP contribution in [0.2, 0.25) is 0 Å². The largest absolute Gasteiger partial charge is 0.485 e. The van der Waals surface area contributed by atoms with Crippen LogP contribution in [-0.4, -0.2) is 48.4 Å². The number of hydrogen-bond donors (Lipinski definition) is 2. The van der Waals surface area contributed by atoms with Gasteiger partial charge in [-0.3, -0.25) is 14.4 Å². The molecule has 2 aliphatic heterocycles. The van der Waals surface area contributed by atoms with E-state index in [1.165, 1.54) is 6.92 Å². The van der Waals surface area contributed by atoms with Crippen LogP contribution in [0.3, 0.4) is 0 Å². The molecule has 31 heavy (non-hydrogen) atoms. The minimum absolute atomic E-state index is 0.0643. The van der Waals surface area contributed by atoms with E-state index in [2.05, 4.69) is 10.6 Å². The van der Waals surface area contributed by atoms with Crippen molar-refractivity contribution < 1.29 is 23.9 Å². The fraction of sp³-hybridized carbons (Fsp3) is 0.348. The molecule has 0 bridgehead atoms. The molecule has 1 fully saturated rings. The molecule has 3 amide bonds. The summed E-state index contributed by atoms with van der Waals surface area (Å²) in [4.78, 5) is 38.3. The predicted molar refractivity (Wildman–Crippen MR) is 115 cm³/mol. The third-order valence-electron chi connectivity index (χ3n) is 5.43. The van der Waals surface area contributed by atoms with E-state index in [4.69, 9.17) is 9.47 Å². The molecule has 0 aromatic heterocycles. The predicted octanol–water partition coefficient (Wildman–Crippen LogP) is 2.66. The third-order valence-corrected chi connectivity index (χ3v) is 5.43. The Balaban J connectivity index is 1.27. The summed E-state index contributed by atoms with van der Waals surface area (Å²) in [5.41, 5.74) is 1.35. The maximum atomic E-state index is 12.8. The number of rotatable bonds is 4. The second-order valence-corrected chi connectivity index (χ2v) is 7.71. The fourth-order valence-electron chi connectivity index (χ4n) is 3.79. The van der Waals surface area contributed by atoms with Gasteiger partial charge in [0.2, 0.25) is 17.9 Å². The van der Waals surface area contributed by atoms with Gasteiger partial charge in [-0.2, -0.15) is 0 Å². The number of carbonyl (C=O) groups is 3. The number of amides is 3. The molecule has 1 atom stereocenters. The number of para-hydroxylation sites is 2. The smallest absolute Gasteiger partial charge is 0.267 e. The average molecular weight is 423 g/mol. The molecule has 2 aromatic carbocycles. The van der Waals surface area contributed by atoms with Gasteiger partial charge in [-0.25, -0.2) is 0 Å². The van der Waals surface area contributed by atoms with E-state index in [0.29, 0.717) is 48.8 Å². The van der Waals surface area contributed by atoms with Gasteiger partial charge in [-0.1, -0.05) is 12.1 Å². The van der Waals surface area contributed by atoms with Crippen molar-refractivity contribution in [1.82, 2.24) is 4.90 Å². The Morgan fingerprint density at radius 1 is 0.903 bits per heavy atom. The van der Waals surface area contributed by atoms with Gasteiger partial charge in [-0.15, -0.1) is 0 Å². The second kappa shape index (κ2) is 9.07. The maximum Gasteiger partial charge on any atom is 0.267 e. The van der Waals surface area contributed by atoms with Crippen LogP contribution in [0.25, 0.3) is 0 Å². The van der Waals surface area contributed by atoms with Gasteiger partial charge in [0.15, 0.2) is 11.5 Å². The molecule has 2 aliphatic rings. The monoisotopic (exact) mass is 423 g/mol. The van der Waals surface area contributed by atoms with Crippen LogP contribution in [0.15, 0.2) is 48.5 Å². The molecule has 0 saturated carbocycles. The van der Waals surface area contributed by atoms with Crippen LogP contribution in [0.1, 0.15) is 19.8 Å². The molecule has 0 aliphatic carbocycles. The van der Waals surface area contributed by atoms with Crippen LogP contribution in [0.4, 0.5) is 11.4 Å². The Morgan fingerprint density at radius 2 is 1.52 bits per heavy atom. The highest BCUT2D eigenvalue weighted by molar-refractivity contribution is 5.93. The zero-order valence-electron chi connectivity index (χ0n) is 17.3. The number of ether oxygens (including phenoxy) is 2. The van der Waals surface area contributed by atoms with Crippen molar-refractivity contribution in [3.05, 3.63) is 48.5 Å². The minimum Gasteiger partial charge on any atom is -0.485 e. The molecule has 2 N–H and O–H groups in total. The molecule has 1 unspecified atom stereocenters. The van der Waals surface area contributed by atoms with Gasteiger partial charge >= 0.3 is 0 Å². The van der Waals surface area contributed by atoms with Gasteiger partial charge in [0.1, 0.15) is 6.61 Å². The molecule has 0 radical (unpaired) electrons. The molecule has 4 rings (SSSR count). The van der Waals surface area contributed by atoms with E-state index < -0.39 is 6.10 Å². The Bertz CT molecular complexity index is 967. The molecule has 2 aromatic rings. The van der Waals surface area contributed by atoms with E-state index in [-0.39, 0.29) is 30.2 Å². The van der Waals surface area contributed by atoms with Gasteiger partial charge in [0.25, 0.3) is 5.91 Å². The lowest BCUT2D eigenvalue weighted by atomic mass is 9.95. The number of nitrogens with zero attached hydrogens (tertiary/aromatic N) is 1. The number of piperidine rings is 1. The highest BCUT2D eigenvalue weighted by atomic mass is 16.6. The molecule has 2 heterocycles. The number of benzene rings is 2. The first-order valence-electron chi connectivity index (χ1n) is 10.4. The quantitative estimate of drug-likeness (QED) is 0.788. The zero-order valence-corrected chi connectivity index (χ0v) is 17.3. The van der Waals surface area contributed by atoms with Crippen molar-refractivity contribution in [2.45, 2.75) is 25.9 Å². The van der Waals surface area contributed by atoms with Crippen molar-refractivity contribution in [1.29, 1.82) is 0 Å². The lowest BCUT2D eigenvalue weighted by Gasteiger charge is -2.35. The molecule has 0 spiro atoms. The van der Waals surface area contributed by atoms with Gasteiger partial charge in [0, 0.05) is 37.3 Å². The number of nitrogens with one attached hydrogen (secondary N) is 2. The van der Waals surface area contributed by atoms with Crippen molar-refractivity contribution in [2.24, 2.45) is 5.92 Å². The minimum atomic E-state index is -0.664. The number of fused-ring (bicyclic) bond motifs is 1. The summed E-state index contributed by atoms with van der Waals surface area (Å²) in [5.74, 6) is 0.737. The van der Waals surface area contributed by atoms with E-state index in [0.717, 1.165) is 0 Å². The molecule has 1 saturated heterocycles. The van der Waals surface area contributed by atoms with Crippen molar-refractivity contribution in [3.63, 3.8) is 0 Å². The normalized spacial score (nSPS) is 18.2. The molecule has 162 valence electrons. The lowest BCUT2D eigenvalue weighted by molar-refractivity contribution is -0.143. The lowest BCUT2D eigenvalue weighted by Crippen LogP contribution is -2.49. The van der Waals surface area contributed by atoms with Crippen LogP contribution in [0.5, 0.6) is 11.5 Å². The van der Waals surface area contributed by atoms with Crippen LogP contribution < -0.4 is 20.1 Å². The first kappa shape index (κ1) is 20.7. The van der Waals surface area contributed by atoms with Gasteiger partial charge in [0.05, 0.1) is 0 Å². The maximum absolute atomic E-state index is 12.8. The van der Waals surface area contributed by atoms with Crippen molar-refractivity contribution in [2.75, 3.05) is 30.3 Å². The third kappa shape index (κ3) is 4.96. The standard InChI is InChI=1S/C23H25N3O5/c1-15(27)24-17-6-8-18(9-7-17)25-22(28)16-10-12-26(13-11-16)23(29)21-14-30-19-4-2-3-5-20(19)31-21/h2-9,16,21H,10-14H2,1H3,(H,24,27)(H,25,28). The first-order valence-corrected chi connectivity index (χ1v) is 10.4. The summed E-state index contributed by atoms with van der Waals surface area (Å²) in [6.45, 7) is 2.63. The first-order chi connectivity index (χ1) is 15.0. The highest BCUT2D eigenvalue weighted by Crippen LogP contribution is 2.31. The van der Waals surface area contributed by atoms with E-state index in [1.807, 2.05) is 18.2 Å². The van der Waals surface area contributed by atoms with E-state index in [1.54, 1.807) is 35.2 Å². The van der Waals surface area contributed by atoms with Crippen molar-refractivity contribution >= 4 is 29.1 Å². The van der Waals surface area contributed by atoms with Gasteiger partial charge < -0.3 is 25.0 Å². The van der Waals surface area contributed by atoms with Crippen LogP contribution in [0, 0.1) is 5.92 Å². The number of carbonyl (C=O) groups excluding carboxylic acids is 3. The molecule has 8 heteroatoms. The van der Waals surface area contributed by atoms with E-state index >= 15 is 0 Å². The highest BCUT2D eigenvalue weighted by Gasteiger charge is 2.34.